The second kappa shape index (κ2) is 9.25. The van der Waals surface area contributed by atoms with Gasteiger partial charge in [0, 0.05) is 48.9 Å². The summed E-state index contributed by atoms with van der Waals surface area (Å²) < 4.78 is 14.5. The highest BCUT2D eigenvalue weighted by Gasteiger charge is 2.33. The molecule has 1 aliphatic heterocycles. The Morgan fingerprint density at radius 3 is 3.00 bits per heavy atom. The van der Waals surface area contributed by atoms with E-state index in [4.69, 9.17) is 11.6 Å². The minimum absolute atomic E-state index is 0.164. The number of fused-ring (bicyclic) bond motifs is 1. The summed E-state index contributed by atoms with van der Waals surface area (Å²) in [7, 11) is 0. The lowest BCUT2D eigenvalue weighted by Gasteiger charge is -2.34. The first-order chi connectivity index (χ1) is 16.0. The van der Waals surface area contributed by atoms with Gasteiger partial charge in [0.2, 0.25) is 5.91 Å². The quantitative estimate of drug-likeness (QED) is 0.553. The molecule has 3 aromatic rings. The molecule has 3 atom stereocenters. The van der Waals surface area contributed by atoms with Gasteiger partial charge in [-0.05, 0) is 50.0 Å². The van der Waals surface area contributed by atoms with E-state index >= 15 is 0 Å². The normalized spacial score (nSPS) is 23.2. The van der Waals surface area contributed by atoms with Crippen LogP contribution in [-0.2, 0) is 4.79 Å². The number of aromatic amines is 1. The Bertz CT molecular complexity index is 1170. The average Bonchev–Trinajstić information content (AvgIpc) is 3.44. The summed E-state index contributed by atoms with van der Waals surface area (Å²) in [5.41, 5.74) is 1.38. The Morgan fingerprint density at radius 2 is 2.18 bits per heavy atom. The molecule has 1 unspecified atom stereocenters. The Balaban J connectivity index is 1.27. The molecular formula is C24H28ClFN6O. The van der Waals surface area contributed by atoms with Crippen molar-refractivity contribution in [2.45, 2.75) is 39.0 Å². The first-order valence-electron chi connectivity index (χ1n) is 11.7. The second-order valence-electron chi connectivity index (χ2n) is 9.43. The van der Waals surface area contributed by atoms with Crippen molar-refractivity contribution >= 4 is 34.4 Å². The van der Waals surface area contributed by atoms with Gasteiger partial charge in [-0.3, -0.25) is 4.79 Å². The van der Waals surface area contributed by atoms with E-state index in [0.29, 0.717) is 47.0 Å². The molecule has 174 valence electrons. The number of nitrogens with one attached hydrogen (secondary N) is 2. The molecular weight excluding hydrogens is 443 g/mol. The summed E-state index contributed by atoms with van der Waals surface area (Å²) in [4.78, 5) is 30.9. The van der Waals surface area contributed by atoms with Crippen LogP contribution in [0.25, 0.3) is 22.4 Å². The first-order valence-corrected chi connectivity index (χ1v) is 12.0. The number of halogens is 2. The van der Waals surface area contributed by atoms with E-state index in [9.17, 15) is 9.18 Å². The summed E-state index contributed by atoms with van der Waals surface area (Å²) >= 11 is 6.09. The molecule has 4 heterocycles. The highest BCUT2D eigenvalue weighted by molar-refractivity contribution is 6.31. The largest absolute Gasteiger partial charge is 0.367 e. The third-order valence-electron chi connectivity index (χ3n) is 6.92. The Morgan fingerprint density at radius 1 is 1.30 bits per heavy atom. The number of likely N-dealkylation sites (tertiary alicyclic amines) is 1. The monoisotopic (exact) mass is 470 g/mol. The van der Waals surface area contributed by atoms with Crippen LogP contribution >= 0.6 is 11.6 Å². The van der Waals surface area contributed by atoms with Gasteiger partial charge in [0.05, 0.1) is 11.2 Å². The van der Waals surface area contributed by atoms with Crippen LogP contribution in [0, 0.1) is 23.6 Å². The summed E-state index contributed by atoms with van der Waals surface area (Å²) in [5.74, 6) is 1.43. The molecule has 1 amide bonds. The molecule has 2 aliphatic rings. The fourth-order valence-corrected chi connectivity index (χ4v) is 5.30. The molecule has 9 heteroatoms. The summed E-state index contributed by atoms with van der Waals surface area (Å²) in [6.45, 7) is 4.31. The zero-order valence-corrected chi connectivity index (χ0v) is 19.4. The van der Waals surface area contributed by atoms with Crippen LogP contribution in [0.15, 0.2) is 24.7 Å². The molecule has 0 radical (unpaired) electrons. The van der Waals surface area contributed by atoms with E-state index in [1.807, 2.05) is 4.90 Å². The molecule has 0 spiro atoms. The molecule has 0 bridgehead atoms. The number of nitrogens with zero attached hydrogens (tertiary/aromatic N) is 4. The lowest BCUT2D eigenvalue weighted by Crippen LogP contribution is -2.44. The summed E-state index contributed by atoms with van der Waals surface area (Å²) in [6, 6.07) is 1.79. The standard InChI is InChI=1S/C24H28ClFN6O/c1-14-4-5-16(7-14)24(33)32-6-2-3-15(13-32)9-27-23-20(26)12-30-22(31-23)19-11-29-21-18(19)8-17(25)10-28-21/h8,10-12,14-16H,2-7,9,13H2,1H3,(H,28,29)(H,27,30,31)/t14-,15+,16?/m0/s1. The molecule has 0 aromatic carbocycles. The number of aromatic nitrogens is 4. The van der Waals surface area contributed by atoms with Crippen LogP contribution in [0.2, 0.25) is 5.02 Å². The highest BCUT2D eigenvalue weighted by Crippen LogP contribution is 2.33. The molecule has 2 fully saturated rings. The maximum Gasteiger partial charge on any atom is 0.225 e. The Hall–Kier alpha value is -2.74. The predicted octanol–water partition coefficient (Wildman–Crippen LogP) is 4.90. The fraction of sp³-hybridized carbons (Fsp3) is 0.500. The fourth-order valence-electron chi connectivity index (χ4n) is 5.15. The number of anilines is 1. The number of carbonyl (C=O) groups excluding carboxylic acids is 1. The number of hydrogen-bond donors (Lipinski definition) is 2. The first kappa shape index (κ1) is 22.1. The van der Waals surface area contributed by atoms with Gasteiger partial charge in [-0.2, -0.15) is 0 Å². The predicted molar refractivity (Wildman–Crippen MR) is 126 cm³/mol. The van der Waals surface area contributed by atoms with Crippen LogP contribution in [-0.4, -0.2) is 50.4 Å². The topological polar surface area (TPSA) is 86.8 Å². The molecule has 1 aliphatic carbocycles. The van der Waals surface area contributed by atoms with Gasteiger partial charge in [-0.1, -0.05) is 18.5 Å². The van der Waals surface area contributed by atoms with E-state index in [1.54, 1.807) is 18.5 Å². The average molecular weight is 471 g/mol. The molecule has 33 heavy (non-hydrogen) atoms. The molecule has 5 rings (SSSR count). The third-order valence-corrected chi connectivity index (χ3v) is 7.12. The number of rotatable bonds is 5. The van der Waals surface area contributed by atoms with Crippen molar-refractivity contribution in [1.82, 2.24) is 24.8 Å². The van der Waals surface area contributed by atoms with Gasteiger partial charge in [0.25, 0.3) is 0 Å². The van der Waals surface area contributed by atoms with Crippen molar-refractivity contribution in [3.8, 4) is 11.4 Å². The van der Waals surface area contributed by atoms with Crippen molar-refractivity contribution in [1.29, 1.82) is 0 Å². The lowest BCUT2D eigenvalue weighted by atomic mass is 9.95. The van der Waals surface area contributed by atoms with E-state index in [0.717, 1.165) is 44.0 Å². The maximum absolute atomic E-state index is 14.5. The minimum atomic E-state index is -0.501. The molecule has 2 N–H and O–H groups in total. The van der Waals surface area contributed by atoms with Crippen LogP contribution in [0.5, 0.6) is 0 Å². The Kier molecular flexibility index (Phi) is 6.19. The van der Waals surface area contributed by atoms with E-state index in [1.165, 1.54) is 6.20 Å². The van der Waals surface area contributed by atoms with Crippen molar-refractivity contribution < 1.29 is 9.18 Å². The number of hydrogen-bond acceptors (Lipinski definition) is 5. The molecule has 7 nitrogen and oxygen atoms in total. The van der Waals surface area contributed by atoms with Crippen LogP contribution < -0.4 is 5.32 Å². The van der Waals surface area contributed by atoms with Crippen LogP contribution in [0.3, 0.4) is 0 Å². The summed E-state index contributed by atoms with van der Waals surface area (Å²) in [6.07, 6.45) is 9.62. The van der Waals surface area contributed by atoms with Crippen LogP contribution in [0.1, 0.15) is 39.0 Å². The summed E-state index contributed by atoms with van der Waals surface area (Å²) in [5, 5.41) is 4.45. The van der Waals surface area contributed by atoms with Gasteiger partial charge in [-0.15, -0.1) is 0 Å². The van der Waals surface area contributed by atoms with Crippen molar-refractivity contribution in [2.24, 2.45) is 17.8 Å². The van der Waals surface area contributed by atoms with Crippen molar-refractivity contribution in [2.75, 3.05) is 25.0 Å². The number of amides is 1. The number of H-pyrrole nitrogens is 1. The van der Waals surface area contributed by atoms with Gasteiger partial charge >= 0.3 is 0 Å². The SMILES string of the molecule is C[C@H]1CCC(C(=O)N2CCC[C@H](CNc3nc(-c4c[nH]c5ncc(Cl)cc45)ncc3F)C2)C1. The highest BCUT2D eigenvalue weighted by atomic mass is 35.5. The minimum Gasteiger partial charge on any atom is -0.367 e. The smallest absolute Gasteiger partial charge is 0.225 e. The number of pyridine rings is 1. The lowest BCUT2D eigenvalue weighted by molar-refractivity contribution is -0.137. The van der Waals surface area contributed by atoms with Gasteiger partial charge in [-0.25, -0.2) is 19.3 Å². The molecule has 3 aromatic heterocycles. The zero-order chi connectivity index (χ0) is 22.9. The second-order valence-corrected chi connectivity index (χ2v) is 9.87. The van der Waals surface area contributed by atoms with Crippen molar-refractivity contribution in [3.63, 3.8) is 0 Å². The third kappa shape index (κ3) is 4.67. The van der Waals surface area contributed by atoms with Gasteiger partial charge in [0.1, 0.15) is 5.65 Å². The number of carbonyl (C=O) groups is 1. The maximum atomic E-state index is 14.5. The van der Waals surface area contributed by atoms with Crippen LogP contribution in [0.4, 0.5) is 10.2 Å². The molecule has 1 saturated heterocycles. The van der Waals surface area contributed by atoms with Crippen molar-refractivity contribution in [3.05, 3.63) is 35.5 Å². The Labute approximate surface area is 197 Å². The van der Waals surface area contributed by atoms with Gasteiger partial charge < -0.3 is 15.2 Å². The number of piperidine rings is 1. The zero-order valence-electron chi connectivity index (χ0n) is 18.7. The molecule has 1 saturated carbocycles. The van der Waals surface area contributed by atoms with E-state index in [-0.39, 0.29) is 17.7 Å². The van der Waals surface area contributed by atoms with Gasteiger partial charge in [0.15, 0.2) is 17.5 Å². The van der Waals surface area contributed by atoms with E-state index < -0.39 is 5.82 Å². The van der Waals surface area contributed by atoms with E-state index in [2.05, 4.69) is 32.2 Å².